The number of alkyl halides is 2. The maximum atomic E-state index is 15.0. The van der Waals surface area contributed by atoms with Crippen molar-refractivity contribution in [2.75, 3.05) is 39.5 Å². The first-order valence-electron chi connectivity index (χ1n) is 13.2. The number of hydrogen-bond donors (Lipinski definition) is 2. The molecule has 2 aromatic rings. The first-order valence-corrected chi connectivity index (χ1v) is 13.2. The van der Waals surface area contributed by atoms with E-state index in [9.17, 15) is 19.2 Å². The molecule has 1 unspecified atom stereocenters. The largest absolute Gasteiger partial charge is 0.492 e. The van der Waals surface area contributed by atoms with E-state index in [-0.39, 0.29) is 43.5 Å². The smallest absolute Gasteiger partial charge is 0.349 e. The van der Waals surface area contributed by atoms with E-state index in [1.165, 1.54) is 23.1 Å². The molecule has 2 saturated heterocycles. The maximum Gasteiger partial charge on any atom is 0.349 e. The zero-order valence-electron chi connectivity index (χ0n) is 21.8. The Bertz CT molecular complexity index is 1310. The van der Waals surface area contributed by atoms with Gasteiger partial charge in [0.2, 0.25) is 11.8 Å². The SMILES string of the molecule is O=C1CCC(N2Cc3cc(CNC(=O)C(F)(F)c4cccc(OCCN5CCOCC5)c4)ccc3C2=O)C(=O)N1. The summed E-state index contributed by atoms with van der Waals surface area (Å²) in [4.78, 5) is 52.6. The molecule has 0 aliphatic carbocycles. The fraction of sp³-hybridized carbons (Fsp3) is 0.429. The summed E-state index contributed by atoms with van der Waals surface area (Å²) in [6.07, 6.45) is 0.383. The summed E-state index contributed by atoms with van der Waals surface area (Å²) in [7, 11) is 0. The van der Waals surface area contributed by atoms with Crippen LogP contribution in [-0.4, -0.2) is 78.9 Å². The minimum Gasteiger partial charge on any atom is -0.492 e. The molecule has 10 nitrogen and oxygen atoms in total. The molecule has 0 aromatic heterocycles. The van der Waals surface area contributed by atoms with Crippen molar-refractivity contribution >= 4 is 23.6 Å². The van der Waals surface area contributed by atoms with Crippen LogP contribution in [0, 0.1) is 0 Å². The number of carbonyl (C=O) groups excluding carboxylic acids is 4. The van der Waals surface area contributed by atoms with E-state index in [2.05, 4.69) is 15.5 Å². The van der Waals surface area contributed by atoms with E-state index in [0.29, 0.717) is 43.1 Å². The van der Waals surface area contributed by atoms with Gasteiger partial charge in [-0.05, 0) is 35.7 Å². The highest BCUT2D eigenvalue weighted by Gasteiger charge is 2.41. The molecule has 5 rings (SSSR count). The quantitative estimate of drug-likeness (QED) is 0.451. The number of fused-ring (bicyclic) bond motifs is 1. The summed E-state index contributed by atoms with van der Waals surface area (Å²) in [6, 6.07) is 9.38. The van der Waals surface area contributed by atoms with Crippen LogP contribution in [0.25, 0.3) is 0 Å². The number of piperidine rings is 1. The zero-order chi connectivity index (χ0) is 28.3. The number of hydrogen-bond acceptors (Lipinski definition) is 7. The first kappa shape index (κ1) is 27.7. The third-order valence-corrected chi connectivity index (χ3v) is 7.30. The fourth-order valence-corrected chi connectivity index (χ4v) is 5.06. The third kappa shape index (κ3) is 5.97. The van der Waals surface area contributed by atoms with E-state index in [4.69, 9.17) is 9.47 Å². The van der Waals surface area contributed by atoms with Gasteiger partial charge >= 0.3 is 5.92 Å². The molecule has 0 radical (unpaired) electrons. The standard InChI is InChI=1S/C28H30F2N4O6/c29-28(30,20-2-1-3-21(15-20)40-13-10-33-8-11-39-12-9-33)27(38)31-16-18-4-5-22-19(14-18)17-34(26(22)37)23-6-7-24(35)32-25(23)36/h1-5,14-15,23H,6-13,16-17H2,(H,31,38)(H,32,35,36). The van der Waals surface area contributed by atoms with E-state index >= 15 is 8.78 Å². The predicted octanol–water partition coefficient (Wildman–Crippen LogP) is 1.57. The van der Waals surface area contributed by atoms with Crippen LogP contribution in [0.2, 0.25) is 0 Å². The topological polar surface area (TPSA) is 117 Å². The van der Waals surface area contributed by atoms with Crippen molar-refractivity contribution in [1.29, 1.82) is 0 Å². The number of halogens is 2. The van der Waals surface area contributed by atoms with Crippen LogP contribution in [0.4, 0.5) is 8.78 Å². The van der Waals surface area contributed by atoms with Crippen molar-refractivity contribution in [1.82, 2.24) is 20.4 Å². The van der Waals surface area contributed by atoms with E-state index in [0.717, 1.165) is 13.1 Å². The molecule has 3 aliphatic heterocycles. The number of nitrogens with one attached hydrogen (secondary N) is 2. The van der Waals surface area contributed by atoms with Gasteiger partial charge in [-0.25, -0.2) is 0 Å². The van der Waals surface area contributed by atoms with Gasteiger partial charge in [-0.2, -0.15) is 8.78 Å². The highest BCUT2D eigenvalue weighted by atomic mass is 19.3. The normalized spacial score (nSPS) is 19.8. The van der Waals surface area contributed by atoms with Gasteiger partial charge in [0, 0.05) is 50.3 Å². The number of benzene rings is 2. The maximum absolute atomic E-state index is 15.0. The number of rotatable bonds is 9. The van der Waals surface area contributed by atoms with E-state index in [1.54, 1.807) is 24.3 Å². The molecular weight excluding hydrogens is 526 g/mol. The summed E-state index contributed by atoms with van der Waals surface area (Å²) in [5.41, 5.74) is 1.07. The molecule has 40 heavy (non-hydrogen) atoms. The Kier molecular flexibility index (Phi) is 8.08. The number of nitrogens with zero attached hydrogens (tertiary/aromatic N) is 2. The van der Waals surface area contributed by atoms with Gasteiger partial charge in [0.1, 0.15) is 18.4 Å². The Balaban J connectivity index is 1.17. The second-order valence-electron chi connectivity index (χ2n) is 9.98. The van der Waals surface area contributed by atoms with Crippen LogP contribution in [0.15, 0.2) is 42.5 Å². The predicted molar refractivity (Wildman–Crippen MR) is 137 cm³/mol. The molecular formula is C28H30F2N4O6. The van der Waals surface area contributed by atoms with Crippen molar-refractivity contribution in [2.24, 2.45) is 0 Å². The molecule has 1 atom stereocenters. The van der Waals surface area contributed by atoms with Gasteiger partial charge in [0.15, 0.2) is 0 Å². The molecule has 3 heterocycles. The Hall–Kier alpha value is -3.90. The van der Waals surface area contributed by atoms with Crippen molar-refractivity contribution < 1.29 is 37.4 Å². The van der Waals surface area contributed by atoms with Crippen molar-refractivity contribution in [3.63, 3.8) is 0 Å². The summed E-state index contributed by atoms with van der Waals surface area (Å²) in [5, 5.41) is 4.53. The Morgan fingerprint density at radius 1 is 1.12 bits per heavy atom. The lowest BCUT2D eigenvalue weighted by atomic mass is 10.0. The Morgan fingerprint density at radius 3 is 2.70 bits per heavy atom. The second-order valence-corrected chi connectivity index (χ2v) is 9.98. The molecule has 4 amide bonds. The highest BCUT2D eigenvalue weighted by Crippen LogP contribution is 2.31. The molecule has 3 aliphatic rings. The average Bonchev–Trinajstić information content (AvgIpc) is 3.27. The van der Waals surface area contributed by atoms with Crippen molar-refractivity contribution in [2.45, 2.75) is 37.9 Å². The molecule has 2 aromatic carbocycles. The number of carbonyl (C=O) groups is 4. The number of morpholine rings is 1. The van der Waals surface area contributed by atoms with Crippen LogP contribution in [0.1, 0.15) is 39.9 Å². The van der Waals surface area contributed by atoms with Crippen LogP contribution < -0.4 is 15.4 Å². The second kappa shape index (κ2) is 11.7. The molecule has 0 saturated carbocycles. The lowest BCUT2D eigenvalue weighted by molar-refractivity contribution is -0.147. The summed E-state index contributed by atoms with van der Waals surface area (Å²) in [6.45, 7) is 3.83. The first-order chi connectivity index (χ1) is 19.2. The van der Waals surface area contributed by atoms with E-state index in [1.807, 2.05) is 0 Å². The number of ether oxygens (including phenoxy) is 2. The highest BCUT2D eigenvalue weighted by molar-refractivity contribution is 6.05. The molecule has 0 spiro atoms. The number of amides is 4. The summed E-state index contributed by atoms with van der Waals surface area (Å²) in [5.74, 6) is -6.22. The number of imide groups is 1. The summed E-state index contributed by atoms with van der Waals surface area (Å²) < 4.78 is 41.0. The molecule has 2 fully saturated rings. The van der Waals surface area contributed by atoms with Crippen LogP contribution in [-0.2, 0) is 38.1 Å². The fourth-order valence-electron chi connectivity index (χ4n) is 5.06. The van der Waals surface area contributed by atoms with Gasteiger partial charge in [-0.15, -0.1) is 0 Å². The van der Waals surface area contributed by atoms with Crippen molar-refractivity contribution in [3.05, 3.63) is 64.7 Å². The lowest BCUT2D eigenvalue weighted by Gasteiger charge is -2.29. The van der Waals surface area contributed by atoms with E-state index < -0.39 is 29.3 Å². The minimum absolute atomic E-state index is 0.144. The van der Waals surface area contributed by atoms with Crippen LogP contribution >= 0.6 is 0 Å². The Labute approximate surface area is 229 Å². The monoisotopic (exact) mass is 556 g/mol. The zero-order valence-corrected chi connectivity index (χ0v) is 21.8. The Morgan fingerprint density at radius 2 is 1.93 bits per heavy atom. The average molecular weight is 557 g/mol. The summed E-state index contributed by atoms with van der Waals surface area (Å²) >= 11 is 0. The van der Waals surface area contributed by atoms with Crippen LogP contribution in [0.5, 0.6) is 5.75 Å². The third-order valence-electron chi connectivity index (χ3n) is 7.30. The minimum atomic E-state index is -3.79. The van der Waals surface area contributed by atoms with Gasteiger partial charge in [0.25, 0.3) is 11.8 Å². The van der Waals surface area contributed by atoms with Crippen molar-refractivity contribution in [3.8, 4) is 5.75 Å². The lowest BCUT2D eigenvalue weighted by Crippen LogP contribution is -2.52. The molecule has 212 valence electrons. The van der Waals surface area contributed by atoms with Gasteiger partial charge in [-0.1, -0.05) is 24.3 Å². The van der Waals surface area contributed by atoms with Gasteiger partial charge in [0.05, 0.1) is 13.2 Å². The van der Waals surface area contributed by atoms with Gasteiger partial charge < -0.3 is 19.7 Å². The van der Waals surface area contributed by atoms with Crippen LogP contribution in [0.3, 0.4) is 0 Å². The molecule has 12 heteroatoms. The molecule has 2 N–H and O–H groups in total. The van der Waals surface area contributed by atoms with Gasteiger partial charge in [-0.3, -0.25) is 29.4 Å². The molecule has 0 bridgehead atoms.